The molecule has 1 N–H and O–H groups in total. The van der Waals surface area contributed by atoms with Gasteiger partial charge in [0.1, 0.15) is 0 Å². The van der Waals surface area contributed by atoms with Crippen LogP contribution in [0.25, 0.3) is 0 Å². The lowest BCUT2D eigenvalue weighted by Crippen LogP contribution is -2.34. The molecule has 0 aromatic heterocycles. The van der Waals surface area contributed by atoms with E-state index in [9.17, 15) is 18.5 Å². The highest BCUT2D eigenvalue weighted by molar-refractivity contribution is 7.91. The number of hydrogen-bond donors (Lipinski definition) is 1. The molecule has 0 bridgehead atoms. The number of nitrogens with zero attached hydrogens (tertiary/aromatic N) is 1. The first-order valence-corrected chi connectivity index (χ1v) is 9.01. The van der Waals surface area contributed by atoms with E-state index in [4.69, 9.17) is 0 Å². The zero-order valence-corrected chi connectivity index (χ0v) is 13.0. The molecule has 21 heavy (non-hydrogen) atoms. The largest absolute Gasteiger partial charge is 0.381 e. The molecule has 1 aliphatic rings. The SMILES string of the molecule is CCc1ccc(NC2CCCC2S(C)(=O)=O)cc1[N+](=O)[O-]. The van der Waals surface area contributed by atoms with Crippen molar-refractivity contribution < 1.29 is 13.3 Å². The number of nitrogens with one attached hydrogen (secondary N) is 1. The topological polar surface area (TPSA) is 89.3 Å². The van der Waals surface area contributed by atoms with Gasteiger partial charge in [0.2, 0.25) is 0 Å². The highest BCUT2D eigenvalue weighted by Gasteiger charge is 2.34. The highest BCUT2D eigenvalue weighted by atomic mass is 32.2. The van der Waals surface area contributed by atoms with Crippen LogP contribution in [0.5, 0.6) is 0 Å². The molecule has 0 heterocycles. The van der Waals surface area contributed by atoms with Crippen LogP contribution in [-0.4, -0.2) is 30.9 Å². The van der Waals surface area contributed by atoms with Gasteiger partial charge in [-0.3, -0.25) is 10.1 Å². The smallest absolute Gasteiger partial charge is 0.274 e. The molecule has 1 saturated carbocycles. The van der Waals surface area contributed by atoms with E-state index in [1.54, 1.807) is 12.1 Å². The average Bonchev–Trinajstić information content (AvgIpc) is 2.86. The third kappa shape index (κ3) is 3.53. The molecule has 6 nitrogen and oxygen atoms in total. The van der Waals surface area contributed by atoms with Gasteiger partial charge in [0.05, 0.1) is 10.2 Å². The summed E-state index contributed by atoms with van der Waals surface area (Å²) in [6.07, 6.45) is 4.10. The predicted octanol–water partition coefficient (Wildman–Crippen LogP) is 2.53. The minimum Gasteiger partial charge on any atom is -0.381 e. The van der Waals surface area contributed by atoms with Crippen molar-refractivity contribution in [2.75, 3.05) is 11.6 Å². The molecule has 0 radical (unpaired) electrons. The van der Waals surface area contributed by atoms with Gasteiger partial charge in [-0.1, -0.05) is 13.0 Å². The third-order valence-electron chi connectivity index (χ3n) is 4.02. The quantitative estimate of drug-likeness (QED) is 0.666. The number of anilines is 1. The molecule has 2 rings (SSSR count). The number of benzene rings is 1. The predicted molar refractivity (Wildman–Crippen MR) is 82.4 cm³/mol. The Hall–Kier alpha value is -1.63. The highest BCUT2D eigenvalue weighted by Crippen LogP contribution is 2.30. The molecule has 1 fully saturated rings. The molecule has 1 aliphatic carbocycles. The lowest BCUT2D eigenvalue weighted by Gasteiger charge is -2.20. The second-order valence-electron chi connectivity index (χ2n) is 5.50. The van der Waals surface area contributed by atoms with Crippen molar-refractivity contribution in [2.45, 2.75) is 43.9 Å². The first-order valence-electron chi connectivity index (χ1n) is 7.05. The van der Waals surface area contributed by atoms with Crippen molar-refractivity contribution in [3.63, 3.8) is 0 Å². The monoisotopic (exact) mass is 312 g/mol. The Labute approximate surface area is 124 Å². The fourth-order valence-electron chi connectivity index (χ4n) is 2.94. The number of sulfone groups is 1. The molecular weight excluding hydrogens is 292 g/mol. The summed E-state index contributed by atoms with van der Waals surface area (Å²) in [6.45, 7) is 1.87. The normalized spacial score (nSPS) is 22.2. The fourth-order valence-corrected chi connectivity index (χ4v) is 4.34. The molecule has 7 heteroatoms. The van der Waals surface area contributed by atoms with Gasteiger partial charge in [-0.2, -0.15) is 0 Å². The number of nitro benzene ring substituents is 1. The van der Waals surface area contributed by atoms with Crippen LogP contribution in [0.3, 0.4) is 0 Å². The summed E-state index contributed by atoms with van der Waals surface area (Å²) in [4.78, 5) is 10.7. The van der Waals surface area contributed by atoms with Crippen LogP contribution < -0.4 is 5.32 Å². The average molecular weight is 312 g/mol. The summed E-state index contributed by atoms with van der Waals surface area (Å²) < 4.78 is 23.5. The van der Waals surface area contributed by atoms with Crippen molar-refractivity contribution in [1.82, 2.24) is 0 Å². The molecule has 0 aliphatic heterocycles. The van der Waals surface area contributed by atoms with Crippen LogP contribution in [0.1, 0.15) is 31.7 Å². The van der Waals surface area contributed by atoms with Gasteiger partial charge >= 0.3 is 0 Å². The van der Waals surface area contributed by atoms with E-state index in [1.807, 2.05) is 6.92 Å². The summed E-state index contributed by atoms with van der Waals surface area (Å²) in [6, 6.07) is 4.83. The Bertz CT molecular complexity index is 642. The number of rotatable bonds is 5. The molecule has 0 amide bonds. The first-order chi connectivity index (χ1) is 9.82. The van der Waals surface area contributed by atoms with Crippen molar-refractivity contribution in [3.8, 4) is 0 Å². The molecule has 0 saturated heterocycles. The maximum atomic E-state index is 11.8. The zero-order valence-electron chi connectivity index (χ0n) is 12.2. The van der Waals surface area contributed by atoms with E-state index in [1.165, 1.54) is 12.3 Å². The molecule has 1 aromatic rings. The van der Waals surface area contributed by atoms with Crippen molar-refractivity contribution in [3.05, 3.63) is 33.9 Å². The summed E-state index contributed by atoms with van der Waals surface area (Å²) in [5, 5.41) is 13.8. The summed E-state index contributed by atoms with van der Waals surface area (Å²) in [5.41, 5.74) is 1.37. The fraction of sp³-hybridized carbons (Fsp3) is 0.571. The van der Waals surface area contributed by atoms with Gasteiger partial charge < -0.3 is 5.32 Å². The van der Waals surface area contributed by atoms with Crippen molar-refractivity contribution >= 4 is 21.2 Å². The molecule has 1 aromatic carbocycles. The van der Waals surface area contributed by atoms with Crippen LogP contribution in [0.2, 0.25) is 0 Å². The Balaban J connectivity index is 2.24. The lowest BCUT2D eigenvalue weighted by atomic mass is 10.1. The number of aryl methyl sites for hydroxylation is 1. The van der Waals surface area contributed by atoms with E-state index < -0.39 is 20.0 Å². The lowest BCUT2D eigenvalue weighted by molar-refractivity contribution is -0.385. The van der Waals surface area contributed by atoms with Crippen LogP contribution in [0, 0.1) is 10.1 Å². The maximum absolute atomic E-state index is 11.8. The molecule has 116 valence electrons. The van der Waals surface area contributed by atoms with E-state index in [0.717, 1.165) is 12.8 Å². The summed E-state index contributed by atoms with van der Waals surface area (Å²) in [5.74, 6) is 0. The number of nitro groups is 1. The first kappa shape index (κ1) is 15.8. The van der Waals surface area contributed by atoms with E-state index in [2.05, 4.69) is 5.32 Å². The van der Waals surface area contributed by atoms with Crippen LogP contribution in [0.15, 0.2) is 18.2 Å². The van der Waals surface area contributed by atoms with Gasteiger partial charge in [0.25, 0.3) is 5.69 Å². The second-order valence-corrected chi connectivity index (χ2v) is 7.77. The Morgan fingerprint density at radius 2 is 2.10 bits per heavy atom. The standard InChI is InChI=1S/C14H20N2O4S/c1-3-10-7-8-11(9-13(10)16(17)18)15-12-5-4-6-14(12)21(2,19)20/h7-9,12,14-15H,3-6H2,1-2H3. The summed E-state index contributed by atoms with van der Waals surface area (Å²) in [7, 11) is -3.11. The minimum atomic E-state index is -3.11. The van der Waals surface area contributed by atoms with Crippen LogP contribution in [-0.2, 0) is 16.3 Å². The Morgan fingerprint density at radius 1 is 1.38 bits per heavy atom. The molecule has 2 unspecified atom stereocenters. The Kier molecular flexibility index (Phi) is 4.51. The zero-order chi connectivity index (χ0) is 15.6. The van der Waals surface area contributed by atoms with Gasteiger partial charge in [-0.15, -0.1) is 0 Å². The number of hydrogen-bond acceptors (Lipinski definition) is 5. The molecule has 2 atom stereocenters. The maximum Gasteiger partial charge on any atom is 0.274 e. The van der Waals surface area contributed by atoms with Crippen molar-refractivity contribution in [2.24, 2.45) is 0 Å². The van der Waals surface area contributed by atoms with Gasteiger partial charge in [0.15, 0.2) is 9.84 Å². The van der Waals surface area contributed by atoms with E-state index in [-0.39, 0.29) is 11.7 Å². The van der Waals surface area contributed by atoms with E-state index >= 15 is 0 Å². The Morgan fingerprint density at radius 3 is 2.67 bits per heavy atom. The third-order valence-corrected chi connectivity index (χ3v) is 5.68. The minimum absolute atomic E-state index is 0.0800. The van der Waals surface area contributed by atoms with Gasteiger partial charge in [-0.25, -0.2) is 8.42 Å². The van der Waals surface area contributed by atoms with Crippen molar-refractivity contribution in [1.29, 1.82) is 0 Å². The van der Waals surface area contributed by atoms with E-state index in [0.29, 0.717) is 24.1 Å². The second kappa shape index (κ2) is 6.01. The molecule has 0 spiro atoms. The van der Waals surface area contributed by atoms with Gasteiger partial charge in [-0.05, 0) is 31.7 Å². The van der Waals surface area contributed by atoms with Gasteiger partial charge in [0, 0.05) is 29.6 Å². The molecular formula is C14H20N2O4S. The van der Waals surface area contributed by atoms with Crippen LogP contribution in [0.4, 0.5) is 11.4 Å². The summed E-state index contributed by atoms with van der Waals surface area (Å²) >= 11 is 0. The van der Waals surface area contributed by atoms with Crippen LogP contribution >= 0.6 is 0 Å².